The fourth-order valence-electron chi connectivity index (χ4n) is 1.79. The summed E-state index contributed by atoms with van der Waals surface area (Å²) in [5.74, 6) is -0.118. The zero-order valence-electron chi connectivity index (χ0n) is 10.6. The summed E-state index contributed by atoms with van der Waals surface area (Å²) in [5, 5.41) is 4.26. The maximum Gasteiger partial charge on any atom is 0.232 e. The third kappa shape index (κ3) is 3.04. The minimum absolute atomic E-state index is 0.164. The lowest BCUT2D eigenvalue weighted by Gasteiger charge is -1.95. The molecule has 104 valence electrons. The second kappa shape index (κ2) is 5.79. The highest BCUT2D eigenvalue weighted by molar-refractivity contribution is 9.10. The lowest BCUT2D eigenvalue weighted by Crippen LogP contribution is -1.99. The van der Waals surface area contributed by atoms with Crippen molar-refractivity contribution >= 4 is 33.3 Å². The first-order chi connectivity index (χ1) is 10.1. The molecule has 2 heterocycles. The van der Waals surface area contributed by atoms with E-state index in [9.17, 15) is 4.79 Å². The summed E-state index contributed by atoms with van der Waals surface area (Å²) in [6.07, 6.45) is 1.41. The average Bonchev–Trinajstić information content (AvgIpc) is 2.98. The third-order valence-corrected chi connectivity index (χ3v) is 3.62. The summed E-state index contributed by atoms with van der Waals surface area (Å²) < 4.78 is 6.09. The molecule has 3 rings (SSSR count). The van der Waals surface area contributed by atoms with Crippen molar-refractivity contribution < 1.29 is 9.32 Å². The van der Waals surface area contributed by atoms with Gasteiger partial charge in [0.1, 0.15) is 10.8 Å². The number of halogens is 2. The molecule has 1 aromatic carbocycles. The Kier molecular flexibility index (Phi) is 3.86. The summed E-state index contributed by atoms with van der Waals surface area (Å²) in [6.45, 7) is 0. The van der Waals surface area contributed by atoms with Crippen molar-refractivity contribution in [1.29, 1.82) is 0 Å². The predicted molar refractivity (Wildman–Crippen MR) is 82.3 cm³/mol. The molecule has 0 saturated heterocycles. The SMILES string of the molecule is O=C(c1ccc(Cl)nc1)c1cc(-c2ccc(Br)cc2)no1. The predicted octanol–water partition coefficient (Wildman–Crippen LogP) is 4.38. The molecule has 0 fully saturated rings. The number of rotatable bonds is 3. The Balaban J connectivity index is 1.89. The van der Waals surface area contributed by atoms with Gasteiger partial charge < -0.3 is 4.52 Å². The first-order valence-corrected chi connectivity index (χ1v) is 7.19. The maximum atomic E-state index is 12.2. The van der Waals surface area contributed by atoms with Gasteiger partial charge in [-0.05, 0) is 24.3 Å². The van der Waals surface area contributed by atoms with E-state index in [4.69, 9.17) is 16.1 Å². The van der Waals surface area contributed by atoms with Crippen molar-refractivity contribution in [1.82, 2.24) is 10.1 Å². The monoisotopic (exact) mass is 362 g/mol. The Morgan fingerprint density at radius 3 is 2.57 bits per heavy atom. The topological polar surface area (TPSA) is 56.0 Å². The Bertz CT molecular complexity index is 782. The number of nitrogens with zero attached hydrogens (tertiary/aromatic N) is 2. The van der Waals surface area contributed by atoms with E-state index in [0.717, 1.165) is 10.0 Å². The van der Waals surface area contributed by atoms with Gasteiger partial charge in [0, 0.05) is 27.9 Å². The molecule has 6 heteroatoms. The largest absolute Gasteiger partial charge is 0.352 e. The molecule has 0 aliphatic rings. The van der Waals surface area contributed by atoms with E-state index in [1.54, 1.807) is 18.2 Å². The van der Waals surface area contributed by atoms with E-state index < -0.39 is 0 Å². The number of hydrogen-bond donors (Lipinski definition) is 0. The van der Waals surface area contributed by atoms with Gasteiger partial charge in [0.05, 0.1) is 0 Å². The molecule has 0 amide bonds. The van der Waals surface area contributed by atoms with Crippen molar-refractivity contribution in [3.05, 3.63) is 69.6 Å². The van der Waals surface area contributed by atoms with Crippen LogP contribution in [0.1, 0.15) is 16.1 Å². The number of pyridine rings is 1. The molecule has 0 N–H and O–H groups in total. The van der Waals surface area contributed by atoms with Crippen LogP contribution in [0.4, 0.5) is 0 Å². The number of hydrogen-bond acceptors (Lipinski definition) is 4. The summed E-state index contributed by atoms with van der Waals surface area (Å²) in [4.78, 5) is 16.1. The van der Waals surface area contributed by atoms with Gasteiger partial charge in [-0.3, -0.25) is 4.79 Å². The lowest BCUT2D eigenvalue weighted by atomic mass is 10.1. The number of carbonyl (C=O) groups is 1. The third-order valence-electron chi connectivity index (χ3n) is 2.86. The van der Waals surface area contributed by atoms with Gasteiger partial charge in [0.25, 0.3) is 0 Å². The van der Waals surface area contributed by atoms with Crippen LogP contribution in [-0.4, -0.2) is 15.9 Å². The molecule has 0 bridgehead atoms. The highest BCUT2D eigenvalue weighted by atomic mass is 79.9. The number of aromatic nitrogens is 2. The minimum atomic E-state index is -0.282. The lowest BCUT2D eigenvalue weighted by molar-refractivity contribution is 0.1000. The zero-order valence-corrected chi connectivity index (χ0v) is 12.9. The summed E-state index contributed by atoms with van der Waals surface area (Å²) >= 11 is 9.06. The number of benzene rings is 1. The fraction of sp³-hybridized carbons (Fsp3) is 0. The van der Waals surface area contributed by atoms with E-state index in [2.05, 4.69) is 26.1 Å². The Hall–Kier alpha value is -1.98. The van der Waals surface area contributed by atoms with Crippen LogP contribution in [-0.2, 0) is 0 Å². The van der Waals surface area contributed by atoms with E-state index in [-0.39, 0.29) is 11.5 Å². The van der Waals surface area contributed by atoms with E-state index in [0.29, 0.717) is 16.4 Å². The first kappa shape index (κ1) is 14.0. The van der Waals surface area contributed by atoms with Gasteiger partial charge in [-0.2, -0.15) is 0 Å². The van der Waals surface area contributed by atoms with Gasteiger partial charge >= 0.3 is 0 Å². The van der Waals surface area contributed by atoms with Crippen LogP contribution in [0.25, 0.3) is 11.3 Å². The quantitative estimate of drug-likeness (QED) is 0.512. The van der Waals surface area contributed by atoms with E-state index in [1.807, 2.05) is 24.3 Å². The van der Waals surface area contributed by atoms with Crippen molar-refractivity contribution in [3.8, 4) is 11.3 Å². The van der Waals surface area contributed by atoms with Crippen LogP contribution in [0.5, 0.6) is 0 Å². The summed E-state index contributed by atoms with van der Waals surface area (Å²) in [7, 11) is 0. The molecule has 0 atom stereocenters. The smallest absolute Gasteiger partial charge is 0.232 e. The van der Waals surface area contributed by atoms with Gasteiger partial charge in [-0.1, -0.05) is 44.8 Å². The minimum Gasteiger partial charge on any atom is -0.352 e. The van der Waals surface area contributed by atoms with Crippen LogP contribution in [0.15, 0.2) is 57.7 Å². The van der Waals surface area contributed by atoms with Gasteiger partial charge in [-0.15, -0.1) is 0 Å². The van der Waals surface area contributed by atoms with Crippen molar-refractivity contribution in [3.63, 3.8) is 0 Å². The van der Waals surface area contributed by atoms with E-state index >= 15 is 0 Å². The highest BCUT2D eigenvalue weighted by Gasteiger charge is 2.16. The fourth-order valence-corrected chi connectivity index (χ4v) is 2.17. The Morgan fingerprint density at radius 1 is 1.14 bits per heavy atom. The van der Waals surface area contributed by atoms with Crippen LogP contribution >= 0.6 is 27.5 Å². The van der Waals surface area contributed by atoms with Gasteiger partial charge in [0.2, 0.25) is 11.5 Å². The zero-order chi connectivity index (χ0) is 14.8. The molecular weight excluding hydrogens is 356 g/mol. The second-order valence-corrected chi connectivity index (χ2v) is 5.58. The summed E-state index contributed by atoms with van der Waals surface area (Å²) in [5.41, 5.74) is 1.88. The summed E-state index contributed by atoms with van der Waals surface area (Å²) in [6, 6.07) is 12.3. The number of ketones is 1. The molecule has 0 unspecified atom stereocenters. The van der Waals surface area contributed by atoms with Gasteiger partial charge in [0.15, 0.2) is 0 Å². The average molecular weight is 364 g/mol. The van der Waals surface area contributed by atoms with E-state index in [1.165, 1.54) is 6.20 Å². The van der Waals surface area contributed by atoms with Crippen LogP contribution in [0, 0.1) is 0 Å². The first-order valence-electron chi connectivity index (χ1n) is 6.02. The normalized spacial score (nSPS) is 10.6. The molecular formula is C15H8BrClN2O2. The van der Waals surface area contributed by atoms with Crippen molar-refractivity contribution in [2.24, 2.45) is 0 Å². The molecule has 0 radical (unpaired) electrons. The van der Waals surface area contributed by atoms with Gasteiger partial charge in [-0.25, -0.2) is 4.98 Å². The number of carbonyl (C=O) groups excluding carboxylic acids is 1. The maximum absolute atomic E-state index is 12.2. The molecule has 2 aromatic heterocycles. The van der Waals surface area contributed by atoms with Crippen LogP contribution in [0.2, 0.25) is 5.15 Å². The standard InChI is InChI=1S/C15H8BrClN2O2/c16-11-4-1-9(2-5-11)12-7-13(21-19-12)15(20)10-3-6-14(17)18-8-10/h1-8H. The van der Waals surface area contributed by atoms with Crippen LogP contribution in [0.3, 0.4) is 0 Å². The molecule has 0 aliphatic carbocycles. The Labute approximate surface area is 133 Å². The van der Waals surface area contributed by atoms with Crippen LogP contribution < -0.4 is 0 Å². The highest BCUT2D eigenvalue weighted by Crippen LogP contribution is 2.22. The van der Waals surface area contributed by atoms with Crippen molar-refractivity contribution in [2.75, 3.05) is 0 Å². The molecule has 0 spiro atoms. The van der Waals surface area contributed by atoms with Crippen molar-refractivity contribution in [2.45, 2.75) is 0 Å². The molecule has 21 heavy (non-hydrogen) atoms. The molecule has 0 aliphatic heterocycles. The molecule has 3 aromatic rings. The second-order valence-electron chi connectivity index (χ2n) is 4.28. The Morgan fingerprint density at radius 2 is 1.90 bits per heavy atom. The molecule has 0 saturated carbocycles. The molecule has 4 nitrogen and oxygen atoms in total.